The maximum atomic E-state index is 6.24. The maximum Gasteiger partial charge on any atom is 0.0637 e. The lowest BCUT2D eigenvalue weighted by molar-refractivity contribution is 0.202. The summed E-state index contributed by atoms with van der Waals surface area (Å²) in [6.45, 7) is 5.97. The summed E-state index contributed by atoms with van der Waals surface area (Å²) in [7, 11) is 1.75. The minimum atomic E-state index is 0.144. The second-order valence-electron chi connectivity index (χ2n) is 6.22. The van der Waals surface area contributed by atoms with Crippen molar-refractivity contribution < 1.29 is 4.74 Å². The third kappa shape index (κ3) is 4.60. The quantitative estimate of drug-likeness (QED) is 0.799. The number of nitrogens with two attached hydrogens (primary N) is 1. The van der Waals surface area contributed by atoms with Crippen molar-refractivity contribution in [2.45, 2.75) is 45.2 Å². The second-order valence-corrected chi connectivity index (χ2v) is 6.66. The van der Waals surface area contributed by atoms with E-state index in [9.17, 15) is 0 Å². The zero-order valence-electron chi connectivity index (χ0n) is 13.3. The minimum absolute atomic E-state index is 0.144. The van der Waals surface area contributed by atoms with E-state index in [4.69, 9.17) is 22.1 Å². The number of benzene rings is 1. The average molecular weight is 311 g/mol. The van der Waals surface area contributed by atoms with Gasteiger partial charge < -0.3 is 15.4 Å². The molecule has 4 heteroatoms. The highest BCUT2D eigenvalue weighted by Gasteiger charge is 2.32. The van der Waals surface area contributed by atoms with Crippen LogP contribution >= 0.6 is 11.6 Å². The summed E-state index contributed by atoms with van der Waals surface area (Å²) in [6, 6.07) is 6.81. The highest BCUT2D eigenvalue weighted by molar-refractivity contribution is 6.30. The van der Waals surface area contributed by atoms with E-state index in [1.807, 2.05) is 13.0 Å². The number of rotatable bonds is 8. The van der Waals surface area contributed by atoms with Crippen LogP contribution in [0.25, 0.3) is 0 Å². The fourth-order valence-electron chi connectivity index (χ4n) is 2.89. The summed E-state index contributed by atoms with van der Waals surface area (Å²) in [4.78, 5) is 2.45. The molecule has 0 saturated heterocycles. The Morgan fingerprint density at radius 2 is 2.10 bits per heavy atom. The fraction of sp³-hybridized carbons (Fsp3) is 0.647. The number of hydrogen-bond acceptors (Lipinski definition) is 3. The lowest BCUT2D eigenvalue weighted by atomic mass is 10.0. The van der Waals surface area contributed by atoms with Crippen molar-refractivity contribution in [3.8, 4) is 0 Å². The van der Waals surface area contributed by atoms with E-state index in [-0.39, 0.29) is 6.04 Å². The zero-order chi connectivity index (χ0) is 15.4. The number of ether oxygens (including phenoxy) is 1. The molecular formula is C17H27ClN2O. The van der Waals surface area contributed by atoms with Crippen molar-refractivity contribution in [1.82, 2.24) is 0 Å². The predicted octanol–water partition coefficient (Wildman–Crippen LogP) is 3.48. The van der Waals surface area contributed by atoms with Crippen molar-refractivity contribution in [1.29, 1.82) is 0 Å². The lowest BCUT2D eigenvalue weighted by Gasteiger charge is -2.33. The van der Waals surface area contributed by atoms with Gasteiger partial charge in [-0.25, -0.2) is 0 Å². The molecule has 1 aliphatic rings. The van der Waals surface area contributed by atoms with E-state index >= 15 is 0 Å². The molecule has 2 rings (SSSR count). The second kappa shape index (κ2) is 7.48. The molecule has 0 amide bonds. The van der Waals surface area contributed by atoms with Crippen molar-refractivity contribution in [2.75, 3.05) is 25.2 Å². The minimum Gasteiger partial charge on any atom is -0.383 e. The molecular weight excluding hydrogens is 284 g/mol. The van der Waals surface area contributed by atoms with Gasteiger partial charge in [0.25, 0.3) is 0 Å². The molecule has 0 radical (unpaired) electrons. The normalized spacial score (nSPS) is 17.6. The van der Waals surface area contributed by atoms with Gasteiger partial charge in [-0.1, -0.05) is 17.7 Å². The van der Waals surface area contributed by atoms with Gasteiger partial charge in [0.05, 0.1) is 6.61 Å². The summed E-state index contributed by atoms with van der Waals surface area (Å²) >= 11 is 6.24. The van der Waals surface area contributed by atoms with Gasteiger partial charge in [-0.15, -0.1) is 0 Å². The van der Waals surface area contributed by atoms with Gasteiger partial charge in [-0.05, 0) is 56.7 Å². The number of anilines is 1. The molecule has 1 aliphatic carbocycles. The van der Waals surface area contributed by atoms with Gasteiger partial charge in [0, 0.05) is 36.4 Å². The first-order chi connectivity index (χ1) is 10.0. The molecule has 2 atom stereocenters. The maximum absolute atomic E-state index is 6.24. The van der Waals surface area contributed by atoms with Gasteiger partial charge in [-0.2, -0.15) is 0 Å². The monoisotopic (exact) mass is 310 g/mol. The SMILES string of the molecule is COCCN(c1cc(Cl)ccc1CC(C)N)C(C)C1CC1. The topological polar surface area (TPSA) is 38.5 Å². The molecule has 2 N–H and O–H groups in total. The molecule has 1 aromatic carbocycles. The molecule has 1 fully saturated rings. The van der Waals surface area contributed by atoms with Crippen molar-refractivity contribution in [2.24, 2.45) is 11.7 Å². The van der Waals surface area contributed by atoms with Crippen LogP contribution in [0.2, 0.25) is 5.02 Å². The Hall–Kier alpha value is -0.770. The van der Waals surface area contributed by atoms with Crippen LogP contribution in [0.5, 0.6) is 0 Å². The lowest BCUT2D eigenvalue weighted by Crippen LogP contribution is -2.38. The first-order valence-electron chi connectivity index (χ1n) is 7.82. The van der Waals surface area contributed by atoms with Gasteiger partial charge in [-0.3, -0.25) is 0 Å². The highest BCUT2D eigenvalue weighted by atomic mass is 35.5. The molecule has 2 unspecified atom stereocenters. The van der Waals surface area contributed by atoms with Gasteiger partial charge in [0.2, 0.25) is 0 Å². The number of nitrogens with zero attached hydrogens (tertiary/aromatic N) is 1. The van der Waals surface area contributed by atoms with Crippen LogP contribution in [0.15, 0.2) is 18.2 Å². The van der Waals surface area contributed by atoms with Gasteiger partial charge in [0.1, 0.15) is 0 Å². The van der Waals surface area contributed by atoms with E-state index in [2.05, 4.69) is 24.0 Å². The third-order valence-corrected chi connectivity index (χ3v) is 4.47. The molecule has 0 heterocycles. The largest absolute Gasteiger partial charge is 0.383 e. The summed E-state index contributed by atoms with van der Waals surface area (Å²) in [5.74, 6) is 0.795. The number of methoxy groups -OCH3 is 1. The fourth-order valence-corrected chi connectivity index (χ4v) is 3.06. The smallest absolute Gasteiger partial charge is 0.0637 e. The van der Waals surface area contributed by atoms with Gasteiger partial charge in [0.15, 0.2) is 0 Å². The molecule has 0 aliphatic heterocycles. The van der Waals surface area contributed by atoms with Crippen LogP contribution in [0.3, 0.4) is 0 Å². The standard InChI is InChI=1S/C17H27ClN2O/c1-12(19)10-15-6-7-16(18)11-17(15)20(8-9-21-3)13(2)14-4-5-14/h6-7,11-14H,4-5,8-10,19H2,1-3H3. The summed E-state index contributed by atoms with van der Waals surface area (Å²) < 4.78 is 5.30. The Morgan fingerprint density at radius 3 is 2.67 bits per heavy atom. The van der Waals surface area contributed by atoms with Crippen molar-refractivity contribution >= 4 is 17.3 Å². The Morgan fingerprint density at radius 1 is 1.38 bits per heavy atom. The van der Waals surface area contributed by atoms with E-state index in [0.717, 1.165) is 30.5 Å². The van der Waals surface area contributed by atoms with E-state index in [1.54, 1.807) is 7.11 Å². The Balaban J connectivity index is 2.29. The first kappa shape index (κ1) is 16.6. The Labute approximate surface area is 133 Å². The highest BCUT2D eigenvalue weighted by Crippen LogP contribution is 2.38. The van der Waals surface area contributed by atoms with Crippen LogP contribution in [-0.4, -0.2) is 32.3 Å². The van der Waals surface area contributed by atoms with E-state index in [1.165, 1.54) is 24.1 Å². The Kier molecular flexibility index (Phi) is 5.91. The van der Waals surface area contributed by atoms with Crippen molar-refractivity contribution in [3.63, 3.8) is 0 Å². The number of hydrogen-bond donors (Lipinski definition) is 1. The first-order valence-corrected chi connectivity index (χ1v) is 8.20. The molecule has 0 bridgehead atoms. The molecule has 0 aromatic heterocycles. The van der Waals surface area contributed by atoms with E-state index in [0.29, 0.717) is 6.04 Å². The molecule has 1 aromatic rings. The van der Waals surface area contributed by atoms with Gasteiger partial charge >= 0.3 is 0 Å². The van der Waals surface area contributed by atoms with E-state index < -0.39 is 0 Å². The summed E-state index contributed by atoms with van der Waals surface area (Å²) in [5.41, 5.74) is 8.50. The molecule has 3 nitrogen and oxygen atoms in total. The Bertz CT molecular complexity index is 460. The zero-order valence-corrected chi connectivity index (χ0v) is 14.1. The van der Waals surface area contributed by atoms with Crippen molar-refractivity contribution in [3.05, 3.63) is 28.8 Å². The molecule has 21 heavy (non-hydrogen) atoms. The molecule has 0 spiro atoms. The molecule has 118 valence electrons. The van der Waals surface area contributed by atoms with Crippen LogP contribution in [0.4, 0.5) is 5.69 Å². The molecule has 1 saturated carbocycles. The average Bonchev–Trinajstić information content (AvgIpc) is 3.25. The van der Waals surface area contributed by atoms with Crippen LogP contribution in [-0.2, 0) is 11.2 Å². The summed E-state index contributed by atoms with van der Waals surface area (Å²) in [6.07, 6.45) is 3.52. The predicted molar refractivity (Wildman–Crippen MR) is 90.2 cm³/mol. The summed E-state index contributed by atoms with van der Waals surface area (Å²) in [5, 5.41) is 0.781. The van der Waals surface area contributed by atoms with Crippen LogP contribution in [0.1, 0.15) is 32.3 Å². The number of halogens is 1. The van der Waals surface area contributed by atoms with Crippen LogP contribution in [0, 0.1) is 5.92 Å². The van der Waals surface area contributed by atoms with Crippen LogP contribution < -0.4 is 10.6 Å². The third-order valence-electron chi connectivity index (χ3n) is 4.23.